The Morgan fingerprint density at radius 3 is 1.45 bits per heavy atom. The number of hydrogen-bond donors (Lipinski definition) is 2. The van der Waals surface area contributed by atoms with E-state index in [1.807, 2.05) is 6.92 Å². The SMILES string of the molecule is CCCCCCCCCCCCCCCCCCNC(=O)[C@@H](NC(=O)CCCC)[C@@H](C)CC. The van der Waals surface area contributed by atoms with Crippen LogP contribution >= 0.6 is 0 Å². The zero-order valence-corrected chi connectivity index (χ0v) is 22.8. The molecule has 0 fully saturated rings. The highest BCUT2D eigenvalue weighted by atomic mass is 16.2. The van der Waals surface area contributed by atoms with Gasteiger partial charge in [-0.2, -0.15) is 0 Å². The standard InChI is InChI=1S/C29H58N2O2/c1-5-8-10-11-12-13-14-15-16-17-18-19-20-21-22-23-25-30-29(33)28(26(4)7-3)31-27(32)24-9-6-2/h26,28H,5-25H2,1-4H3,(H,30,33)(H,31,32)/t26-,28-/m0/s1. The third-order valence-corrected chi connectivity index (χ3v) is 6.90. The lowest BCUT2D eigenvalue weighted by molar-refractivity contribution is -0.130. The van der Waals surface area contributed by atoms with Crippen molar-refractivity contribution in [3.8, 4) is 0 Å². The van der Waals surface area contributed by atoms with E-state index in [1.165, 1.54) is 96.3 Å². The molecule has 0 bridgehead atoms. The average Bonchev–Trinajstić information content (AvgIpc) is 2.82. The highest BCUT2D eigenvalue weighted by Crippen LogP contribution is 2.14. The van der Waals surface area contributed by atoms with Gasteiger partial charge in [0.25, 0.3) is 0 Å². The topological polar surface area (TPSA) is 58.2 Å². The van der Waals surface area contributed by atoms with Gasteiger partial charge in [-0.3, -0.25) is 9.59 Å². The van der Waals surface area contributed by atoms with E-state index in [-0.39, 0.29) is 17.7 Å². The van der Waals surface area contributed by atoms with Crippen molar-refractivity contribution in [1.29, 1.82) is 0 Å². The highest BCUT2D eigenvalue weighted by Gasteiger charge is 2.25. The zero-order chi connectivity index (χ0) is 24.6. The van der Waals surface area contributed by atoms with E-state index in [2.05, 4.69) is 31.4 Å². The molecule has 2 amide bonds. The molecule has 2 N–H and O–H groups in total. The van der Waals surface area contributed by atoms with Crippen LogP contribution in [-0.2, 0) is 9.59 Å². The fourth-order valence-corrected chi connectivity index (χ4v) is 4.28. The molecule has 0 aromatic carbocycles. The maximum atomic E-state index is 12.6. The van der Waals surface area contributed by atoms with Crippen LogP contribution in [0.15, 0.2) is 0 Å². The second kappa shape index (κ2) is 24.1. The summed E-state index contributed by atoms with van der Waals surface area (Å²) < 4.78 is 0. The summed E-state index contributed by atoms with van der Waals surface area (Å²) >= 11 is 0. The molecule has 0 aromatic heterocycles. The lowest BCUT2D eigenvalue weighted by Crippen LogP contribution is -2.50. The Balaban J connectivity index is 3.62. The summed E-state index contributed by atoms with van der Waals surface area (Å²) in [4.78, 5) is 24.7. The first kappa shape index (κ1) is 31.9. The normalized spacial score (nSPS) is 13.0. The van der Waals surface area contributed by atoms with E-state index in [9.17, 15) is 9.59 Å². The lowest BCUT2D eigenvalue weighted by Gasteiger charge is -2.23. The number of carbonyl (C=O) groups excluding carboxylic acids is 2. The largest absolute Gasteiger partial charge is 0.354 e. The Hall–Kier alpha value is -1.06. The second-order valence-electron chi connectivity index (χ2n) is 10.1. The van der Waals surface area contributed by atoms with Crippen molar-refractivity contribution in [3.63, 3.8) is 0 Å². The van der Waals surface area contributed by atoms with E-state index in [0.29, 0.717) is 6.42 Å². The maximum absolute atomic E-state index is 12.6. The predicted molar refractivity (Wildman–Crippen MR) is 143 cm³/mol. The van der Waals surface area contributed by atoms with Crippen LogP contribution in [0.5, 0.6) is 0 Å². The molecule has 0 spiro atoms. The summed E-state index contributed by atoms with van der Waals surface area (Å²) in [5.41, 5.74) is 0. The number of rotatable bonds is 24. The van der Waals surface area contributed by atoms with Gasteiger partial charge < -0.3 is 10.6 Å². The number of nitrogens with one attached hydrogen (secondary N) is 2. The van der Waals surface area contributed by atoms with Gasteiger partial charge in [-0.15, -0.1) is 0 Å². The molecule has 0 radical (unpaired) electrons. The summed E-state index contributed by atoms with van der Waals surface area (Å²) in [6.07, 6.45) is 24.9. The van der Waals surface area contributed by atoms with Crippen molar-refractivity contribution in [2.24, 2.45) is 5.92 Å². The van der Waals surface area contributed by atoms with Gasteiger partial charge in [0.05, 0.1) is 0 Å². The molecular weight excluding hydrogens is 408 g/mol. The molecule has 0 saturated heterocycles. The molecule has 0 aliphatic carbocycles. The first-order chi connectivity index (χ1) is 16.1. The van der Waals surface area contributed by atoms with Gasteiger partial charge in [0.15, 0.2) is 0 Å². The second-order valence-corrected chi connectivity index (χ2v) is 10.1. The quantitative estimate of drug-likeness (QED) is 0.141. The van der Waals surface area contributed by atoms with Crippen LogP contribution < -0.4 is 10.6 Å². The lowest BCUT2D eigenvalue weighted by atomic mass is 9.98. The fraction of sp³-hybridized carbons (Fsp3) is 0.931. The van der Waals surface area contributed by atoms with E-state index in [4.69, 9.17) is 0 Å². The minimum atomic E-state index is -0.402. The van der Waals surface area contributed by atoms with Gasteiger partial charge >= 0.3 is 0 Å². The Morgan fingerprint density at radius 1 is 0.606 bits per heavy atom. The molecule has 4 heteroatoms. The number of hydrogen-bond acceptors (Lipinski definition) is 2. The molecular formula is C29H58N2O2. The Kier molecular flexibility index (Phi) is 23.3. The van der Waals surface area contributed by atoms with Gasteiger partial charge in [-0.1, -0.05) is 137 Å². The molecule has 0 aliphatic rings. The first-order valence-electron chi connectivity index (χ1n) is 14.6. The number of unbranched alkanes of at least 4 members (excludes halogenated alkanes) is 16. The Labute approximate surface area is 206 Å². The molecule has 0 heterocycles. The minimum Gasteiger partial charge on any atom is -0.354 e. The Bertz CT molecular complexity index is 453. The minimum absolute atomic E-state index is 0.000270. The summed E-state index contributed by atoms with van der Waals surface area (Å²) in [5, 5.41) is 6.01. The van der Waals surface area contributed by atoms with Gasteiger partial charge in [0, 0.05) is 13.0 Å². The molecule has 0 aromatic rings. The van der Waals surface area contributed by atoms with Crippen molar-refractivity contribution >= 4 is 11.8 Å². The molecule has 196 valence electrons. The van der Waals surface area contributed by atoms with Crippen LogP contribution in [0, 0.1) is 5.92 Å². The summed E-state index contributed by atoms with van der Waals surface area (Å²) in [6.45, 7) is 9.18. The predicted octanol–water partition coefficient (Wildman–Crippen LogP) is 8.09. The van der Waals surface area contributed by atoms with Crippen molar-refractivity contribution in [3.05, 3.63) is 0 Å². The van der Waals surface area contributed by atoms with Gasteiger partial charge in [-0.05, 0) is 18.8 Å². The first-order valence-corrected chi connectivity index (χ1v) is 14.6. The highest BCUT2D eigenvalue weighted by molar-refractivity contribution is 5.87. The molecule has 2 atom stereocenters. The number of carbonyl (C=O) groups is 2. The van der Waals surface area contributed by atoms with Gasteiger partial charge in [0.2, 0.25) is 11.8 Å². The summed E-state index contributed by atoms with van der Waals surface area (Å²) in [5.74, 6) is 0.135. The van der Waals surface area contributed by atoms with Crippen LogP contribution in [0.25, 0.3) is 0 Å². The fourth-order valence-electron chi connectivity index (χ4n) is 4.28. The molecule has 4 nitrogen and oxygen atoms in total. The van der Waals surface area contributed by atoms with E-state index in [0.717, 1.165) is 32.2 Å². The van der Waals surface area contributed by atoms with Crippen molar-refractivity contribution in [1.82, 2.24) is 10.6 Å². The number of amides is 2. The molecule has 0 rings (SSSR count). The molecule has 0 unspecified atom stereocenters. The molecule has 0 saturated carbocycles. The summed E-state index contributed by atoms with van der Waals surface area (Å²) in [6, 6.07) is -0.402. The summed E-state index contributed by atoms with van der Waals surface area (Å²) in [7, 11) is 0. The van der Waals surface area contributed by atoms with Crippen molar-refractivity contribution in [2.45, 2.75) is 162 Å². The van der Waals surface area contributed by atoms with Crippen LogP contribution in [0.1, 0.15) is 156 Å². The third kappa shape index (κ3) is 20.1. The van der Waals surface area contributed by atoms with Gasteiger partial charge in [0.1, 0.15) is 6.04 Å². The van der Waals surface area contributed by atoms with Gasteiger partial charge in [-0.25, -0.2) is 0 Å². The van der Waals surface area contributed by atoms with Crippen molar-refractivity contribution < 1.29 is 9.59 Å². The van der Waals surface area contributed by atoms with Crippen LogP contribution in [0.4, 0.5) is 0 Å². The average molecular weight is 467 g/mol. The maximum Gasteiger partial charge on any atom is 0.242 e. The van der Waals surface area contributed by atoms with E-state index in [1.54, 1.807) is 0 Å². The van der Waals surface area contributed by atoms with Crippen molar-refractivity contribution in [2.75, 3.05) is 6.54 Å². The molecule has 33 heavy (non-hydrogen) atoms. The van der Waals surface area contributed by atoms with Crippen LogP contribution in [0.2, 0.25) is 0 Å². The molecule has 0 aliphatic heterocycles. The smallest absolute Gasteiger partial charge is 0.242 e. The van der Waals surface area contributed by atoms with Crippen LogP contribution in [0.3, 0.4) is 0 Å². The third-order valence-electron chi connectivity index (χ3n) is 6.90. The van der Waals surface area contributed by atoms with E-state index >= 15 is 0 Å². The van der Waals surface area contributed by atoms with E-state index < -0.39 is 6.04 Å². The Morgan fingerprint density at radius 2 is 1.03 bits per heavy atom. The van der Waals surface area contributed by atoms with Crippen LogP contribution in [-0.4, -0.2) is 24.4 Å². The monoisotopic (exact) mass is 466 g/mol. The zero-order valence-electron chi connectivity index (χ0n) is 22.8.